The van der Waals surface area contributed by atoms with Gasteiger partial charge in [-0.1, -0.05) is 77.6 Å². The molecule has 0 bridgehead atoms. The third kappa shape index (κ3) is 16.3. The predicted octanol–water partition coefficient (Wildman–Crippen LogP) is 6.25. The minimum absolute atomic E-state index is 0.110. The minimum atomic E-state index is -0.110. The molecular weight excluding hydrogens is 272 g/mol. The first-order chi connectivity index (χ1) is 10.7. The van der Waals surface area contributed by atoms with E-state index in [0.29, 0.717) is 6.10 Å². The second-order valence-corrected chi connectivity index (χ2v) is 6.80. The molecule has 2 nitrogen and oxygen atoms in total. The predicted molar refractivity (Wildman–Crippen MR) is 97.4 cm³/mol. The number of hydrogen-bond acceptors (Lipinski definition) is 2. The lowest BCUT2D eigenvalue weighted by Gasteiger charge is -2.14. The van der Waals surface area contributed by atoms with Crippen LogP contribution < -0.4 is 0 Å². The first-order valence-corrected chi connectivity index (χ1v) is 10.00. The van der Waals surface area contributed by atoms with Gasteiger partial charge in [0.15, 0.2) is 0 Å². The highest BCUT2D eigenvalue weighted by Gasteiger charge is 2.04. The molecule has 0 radical (unpaired) electrons. The van der Waals surface area contributed by atoms with Crippen molar-refractivity contribution in [3.8, 4) is 0 Å². The third-order valence-electron chi connectivity index (χ3n) is 4.51. The summed E-state index contributed by atoms with van der Waals surface area (Å²) in [6.45, 7) is 7.07. The van der Waals surface area contributed by atoms with Crippen molar-refractivity contribution >= 4 is 0 Å². The quantitative estimate of drug-likeness (QED) is 0.321. The van der Waals surface area contributed by atoms with Gasteiger partial charge in [0.2, 0.25) is 0 Å². The molecule has 22 heavy (non-hydrogen) atoms. The summed E-state index contributed by atoms with van der Waals surface area (Å²) in [5.74, 6) is 0. The first-order valence-electron chi connectivity index (χ1n) is 10.00. The molecule has 0 aromatic rings. The Kier molecular flexibility index (Phi) is 17.2. The fraction of sp³-hybridized carbons (Fsp3) is 1.00. The van der Waals surface area contributed by atoms with Crippen LogP contribution in [0.15, 0.2) is 0 Å². The lowest BCUT2D eigenvalue weighted by molar-refractivity contribution is 0.0523. The Bertz CT molecular complexity index is 204. The third-order valence-corrected chi connectivity index (χ3v) is 4.51. The van der Waals surface area contributed by atoms with Crippen molar-refractivity contribution in [3.63, 3.8) is 0 Å². The number of aliphatic hydroxyl groups is 1. The van der Waals surface area contributed by atoms with E-state index in [0.717, 1.165) is 19.4 Å². The molecule has 0 amide bonds. The van der Waals surface area contributed by atoms with Gasteiger partial charge in [-0.25, -0.2) is 0 Å². The van der Waals surface area contributed by atoms with E-state index in [2.05, 4.69) is 13.8 Å². The summed E-state index contributed by atoms with van der Waals surface area (Å²) >= 11 is 0. The molecule has 1 N–H and O–H groups in total. The lowest BCUT2D eigenvalue weighted by Crippen LogP contribution is -2.11. The van der Waals surface area contributed by atoms with Gasteiger partial charge in [0.25, 0.3) is 0 Å². The van der Waals surface area contributed by atoms with Crippen molar-refractivity contribution in [3.05, 3.63) is 0 Å². The number of unbranched alkanes of at least 4 members (excludes halogenated alkanes) is 10. The van der Waals surface area contributed by atoms with E-state index in [1.165, 1.54) is 77.0 Å². The molecular formula is C20H42O2. The number of ether oxygens (including phenoxy) is 1. The molecule has 2 atom stereocenters. The minimum Gasteiger partial charge on any atom is -0.393 e. The molecule has 0 spiro atoms. The largest absolute Gasteiger partial charge is 0.393 e. The van der Waals surface area contributed by atoms with Crippen molar-refractivity contribution in [1.82, 2.24) is 0 Å². The van der Waals surface area contributed by atoms with Crippen LogP contribution in [-0.2, 0) is 4.74 Å². The van der Waals surface area contributed by atoms with Crippen molar-refractivity contribution in [2.75, 3.05) is 6.61 Å². The molecule has 0 aliphatic carbocycles. The maximum atomic E-state index is 9.18. The highest BCUT2D eigenvalue weighted by Crippen LogP contribution is 2.14. The average Bonchev–Trinajstić information content (AvgIpc) is 2.50. The Labute approximate surface area is 140 Å². The summed E-state index contributed by atoms with van der Waals surface area (Å²) in [5.41, 5.74) is 0. The second-order valence-electron chi connectivity index (χ2n) is 6.80. The Hall–Kier alpha value is -0.0800. The van der Waals surface area contributed by atoms with Gasteiger partial charge in [0.05, 0.1) is 12.2 Å². The summed E-state index contributed by atoms with van der Waals surface area (Å²) in [7, 11) is 0. The van der Waals surface area contributed by atoms with Gasteiger partial charge < -0.3 is 9.84 Å². The van der Waals surface area contributed by atoms with Gasteiger partial charge in [-0.2, -0.15) is 0 Å². The van der Waals surface area contributed by atoms with E-state index in [-0.39, 0.29) is 6.10 Å². The Morgan fingerprint density at radius 1 is 0.682 bits per heavy atom. The Balaban J connectivity index is 3.11. The fourth-order valence-corrected chi connectivity index (χ4v) is 3.04. The monoisotopic (exact) mass is 314 g/mol. The topological polar surface area (TPSA) is 29.5 Å². The zero-order chi connectivity index (χ0) is 16.5. The van der Waals surface area contributed by atoms with Crippen LogP contribution in [-0.4, -0.2) is 23.9 Å². The molecule has 0 fully saturated rings. The molecule has 0 aliphatic heterocycles. The normalized spacial score (nSPS) is 14.2. The molecule has 0 rings (SSSR count). The maximum absolute atomic E-state index is 9.18. The van der Waals surface area contributed by atoms with E-state index >= 15 is 0 Å². The standard InChI is InChI=1S/C20H42O2/c1-4-20(22-5-2)18-16-14-12-10-8-6-7-9-11-13-15-17-19(3)21/h19-21H,4-18H2,1-3H3. The highest BCUT2D eigenvalue weighted by atomic mass is 16.5. The van der Waals surface area contributed by atoms with Gasteiger partial charge in [-0.15, -0.1) is 0 Å². The molecule has 0 saturated heterocycles. The summed E-state index contributed by atoms with van der Waals surface area (Å²) in [6.07, 6.45) is 18.7. The van der Waals surface area contributed by atoms with Crippen molar-refractivity contribution in [2.45, 2.75) is 123 Å². The van der Waals surface area contributed by atoms with Crippen LogP contribution in [0.4, 0.5) is 0 Å². The molecule has 0 aromatic carbocycles. The van der Waals surface area contributed by atoms with Gasteiger partial charge in [-0.3, -0.25) is 0 Å². The van der Waals surface area contributed by atoms with E-state index < -0.39 is 0 Å². The van der Waals surface area contributed by atoms with Gasteiger partial charge in [-0.05, 0) is 33.1 Å². The lowest BCUT2D eigenvalue weighted by atomic mass is 10.0. The van der Waals surface area contributed by atoms with Crippen LogP contribution in [0.5, 0.6) is 0 Å². The van der Waals surface area contributed by atoms with Crippen LogP contribution in [0, 0.1) is 0 Å². The van der Waals surface area contributed by atoms with Crippen LogP contribution in [0.3, 0.4) is 0 Å². The average molecular weight is 315 g/mol. The zero-order valence-electron chi connectivity index (χ0n) is 15.6. The molecule has 2 unspecified atom stereocenters. The van der Waals surface area contributed by atoms with E-state index in [9.17, 15) is 5.11 Å². The van der Waals surface area contributed by atoms with E-state index in [1.807, 2.05) is 6.92 Å². The van der Waals surface area contributed by atoms with Crippen LogP contribution in [0.25, 0.3) is 0 Å². The van der Waals surface area contributed by atoms with Gasteiger partial charge >= 0.3 is 0 Å². The SMILES string of the molecule is CCOC(CC)CCCCCCCCCCCCCC(C)O. The Morgan fingerprint density at radius 3 is 1.45 bits per heavy atom. The van der Waals surface area contributed by atoms with Crippen LogP contribution in [0.2, 0.25) is 0 Å². The van der Waals surface area contributed by atoms with Gasteiger partial charge in [0, 0.05) is 6.61 Å². The second kappa shape index (κ2) is 17.3. The molecule has 0 saturated carbocycles. The van der Waals surface area contributed by atoms with Crippen LogP contribution >= 0.6 is 0 Å². The summed E-state index contributed by atoms with van der Waals surface area (Å²) in [6, 6.07) is 0. The molecule has 134 valence electrons. The Morgan fingerprint density at radius 2 is 1.09 bits per heavy atom. The maximum Gasteiger partial charge on any atom is 0.0572 e. The summed E-state index contributed by atoms with van der Waals surface area (Å²) in [4.78, 5) is 0. The van der Waals surface area contributed by atoms with Gasteiger partial charge in [0.1, 0.15) is 0 Å². The highest BCUT2D eigenvalue weighted by molar-refractivity contribution is 4.56. The fourth-order valence-electron chi connectivity index (χ4n) is 3.04. The smallest absolute Gasteiger partial charge is 0.0572 e. The first kappa shape index (κ1) is 21.9. The zero-order valence-corrected chi connectivity index (χ0v) is 15.6. The number of hydrogen-bond donors (Lipinski definition) is 1. The number of aliphatic hydroxyl groups excluding tert-OH is 1. The van der Waals surface area contributed by atoms with Crippen LogP contribution in [0.1, 0.15) is 111 Å². The molecule has 0 aromatic heterocycles. The van der Waals surface area contributed by atoms with Crippen molar-refractivity contribution in [2.24, 2.45) is 0 Å². The molecule has 0 aliphatic rings. The van der Waals surface area contributed by atoms with Crippen molar-refractivity contribution < 1.29 is 9.84 Å². The molecule has 0 heterocycles. The molecule has 2 heteroatoms. The van der Waals surface area contributed by atoms with Crippen molar-refractivity contribution in [1.29, 1.82) is 0 Å². The summed E-state index contributed by atoms with van der Waals surface area (Å²) < 4.78 is 5.69. The van der Waals surface area contributed by atoms with E-state index in [1.54, 1.807) is 0 Å². The summed E-state index contributed by atoms with van der Waals surface area (Å²) in [5, 5.41) is 9.18. The number of rotatable bonds is 17. The van der Waals surface area contributed by atoms with E-state index in [4.69, 9.17) is 4.74 Å².